The van der Waals surface area contributed by atoms with Gasteiger partial charge in [-0.15, -0.1) is 0 Å². The van der Waals surface area contributed by atoms with E-state index in [9.17, 15) is 9.90 Å². The van der Waals surface area contributed by atoms with Crippen molar-refractivity contribution in [3.63, 3.8) is 0 Å². The molecule has 4 rings (SSSR count). The number of pyridine rings is 2. The van der Waals surface area contributed by atoms with Crippen molar-refractivity contribution >= 4 is 17.1 Å². The highest BCUT2D eigenvalue weighted by molar-refractivity contribution is 5.94. The molecule has 3 aromatic rings. The van der Waals surface area contributed by atoms with Crippen LogP contribution in [-0.4, -0.2) is 49.7 Å². The Labute approximate surface area is 188 Å². The topological polar surface area (TPSA) is 91.3 Å². The van der Waals surface area contributed by atoms with Crippen molar-refractivity contribution in [2.24, 2.45) is 11.8 Å². The molecule has 1 aliphatic rings. The number of fused-ring (bicyclic) bond motifs is 1. The summed E-state index contributed by atoms with van der Waals surface area (Å²) >= 11 is 0. The molecule has 0 radical (unpaired) electrons. The lowest BCUT2D eigenvalue weighted by Gasteiger charge is -2.47. The molecule has 0 saturated carbocycles. The SMILES string of the molecule is Cc1c[nH]c2nccc(-c3ccc(C4(O)[C@H](C)CN(C(=O)OC(C)(C)C)C[C@@H]4C)cn3)c12. The Balaban J connectivity index is 1.60. The van der Waals surface area contributed by atoms with Crippen molar-refractivity contribution < 1.29 is 14.6 Å². The summed E-state index contributed by atoms with van der Waals surface area (Å²) in [5.41, 5.74) is 2.92. The van der Waals surface area contributed by atoms with Crippen LogP contribution < -0.4 is 0 Å². The Kier molecular flexibility index (Phi) is 5.49. The third-order valence-corrected chi connectivity index (χ3v) is 6.42. The molecule has 1 aliphatic heterocycles. The predicted octanol–water partition coefficient (Wildman–Crippen LogP) is 4.64. The van der Waals surface area contributed by atoms with E-state index in [0.717, 1.165) is 33.4 Å². The molecular weight excluding hydrogens is 404 g/mol. The van der Waals surface area contributed by atoms with Crippen LogP contribution in [0.25, 0.3) is 22.3 Å². The van der Waals surface area contributed by atoms with Gasteiger partial charge in [-0.1, -0.05) is 19.9 Å². The van der Waals surface area contributed by atoms with Crippen LogP contribution in [0.2, 0.25) is 0 Å². The van der Waals surface area contributed by atoms with E-state index in [4.69, 9.17) is 9.72 Å². The second kappa shape index (κ2) is 7.89. The summed E-state index contributed by atoms with van der Waals surface area (Å²) in [6, 6.07) is 5.87. The van der Waals surface area contributed by atoms with Crippen molar-refractivity contribution in [2.75, 3.05) is 13.1 Å². The van der Waals surface area contributed by atoms with Gasteiger partial charge in [-0.2, -0.15) is 0 Å². The number of likely N-dealkylation sites (tertiary alicyclic amines) is 1. The zero-order valence-corrected chi connectivity index (χ0v) is 19.6. The number of hydrogen-bond donors (Lipinski definition) is 2. The zero-order valence-electron chi connectivity index (χ0n) is 19.6. The van der Waals surface area contributed by atoms with Crippen molar-refractivity contribution in [2.45, 2.75) is 52.7 Å². The van der Waals surface area contributed by atoms with Crippen LogP contribution in [0.3, 0.4) is 0 Å². The van der Waals surface area contributed by atoms with Gasteiger partial charge >= 0.3 is 6.09 Å². The van der Waals surface area contributed by atoms with Crippen LogP contribution in [0.4, 0.5) is 4.79 Å². The quantitative estimate of drug-likeness (QED) is 0.610. The number of amides is 1. The highest BCUT2D eigenvalue weighted by Gasteiger charge is 2.47. The maximum absolute atomic E-state index is 12.6. The smallest absolute Gasteiger partial charge is 0.410 e. The van der Waals surface area contributed by atoms with E-state index >= 15 is 0 Å². The molecule has 7 heteroatoms. The number of aryl methyl sites for hydroxylation is 1. The average molecular weight is 437 g/mol. The minimum absolute atomic E-state index is 0.175. The van der Waals surface area contributed by atoms with Gasteiger partial charge < -0.3 is 19.7 Å². The van der Waals surface area contributed by atoms with E-state index < -0.39 is 11.2 Å². The highest BCUT2D eigenvalue weighted by atomic mass is 16.6. The molecule has 1 saturated heterocycles. The molecule has 0 bridgehead atoms. The van der Waals surface area contributed by atoms with Gasteiger partial charge in [0, 0.05) is 60.0 Å². The van der Waals surface area contributed by atoms with E-state index in [1.807, 2.05) is 65.9 Å². The van der Waals surface area contributed by atoms with E-state index in [2.05, 4.69) is 9.97 Å². The average Bonchev–Trinajstić information content (AvgIpc) is 3.11. The van der Waals surface area contributed by atoms with Gasteiger partial charge in [0.2, 0.25) is 0 Å². The number of ether oxygens (including phenoxy) is 1. The van der Waals surface area contributed by atoms with Gasteiger partial charge in [-0.25, -0.2) is 9.78 Å². The monoisotopic (exact) mass is 436 g/mol. The number of carbonyl (C=O) groups excluding carboxylic acids is 1. The van der Waals surface area contributed by atoms with Crippen LogP contribution in [0.1, 0.15) is 45.7 Å². The molecule has 1 amide bonds. The first-order chi connectivity index (χ1) is 15.0. The first-order valence-electron chi connectivity index (χ1n) is 11.1. The van der Waals surface area contributed by atoms with Gasteiger partial charge in [-0.3, -0.25) is 4.98 Å². The molecule has 1 unspecified atom stereocenters. The Bertz CT molecular complexity index is 1120. The first kappa shape index (κ1) is 22.3. The largest absolute Gasteiger partial charge is 0.444 e. The summed E-state index contributed by atoms with van der Waals surface area (Å²) in [4.78, 5) is 26.5. The van der Waals surface area contributed by atoms with Gasteiger partial charge in [0.25, 0.3) is 0 Å². The number of piperidine rings is 1. The normalized spacial score (nSPS) is 24.0. The van der Waals surface area contributed by atoms with Gasteiger partial charge in [0.05, 0.1) is 11.3 Å². The number of aromatic amines is 1. The Morgan fingerprint density at radius 2 is 1.88 bits per heavy atom. The Morgan fingerprint density at radius 1 is 1.19 bits per heavy atom. The summed E-state index contributed by atoms with van der Waals surface area (Å²) < 4.78 is 5.54. The van der Waals surface area contributed by atoms with Crippen LogP contribution in [0.5, 0.6) is 0 Å². The first-order valence-corrected chi connectivity index (χ1v) is 11.1. The maximum Gasteiger partial charge on any atom is 0.410 e. The molecule has 0 aliphatic carbocycles. The van der Waals surface area contributed by atoms with Crippen LogP contribution in [0.15, 0.2) is 36.8 Å². The van der Waals surface area contributed by atoms with E-state index in [1.54, 1.807) is 17.3 Å². The summed E-state index contributed by atoms with van der Waals surface area (Å²) in [6.45, 7) is 12.4. The van der Waals surface area contributed by atoms with Gasteiger partial charge in [-0.05, 0) is 45.4 Å². The van der Waals surface area contributed by atoms with E-state index in [1.165, 1.54) is 0 Å². The lowest BCUT2D eigenvalue weighted by atomic mass is 9.71. The second-order valence-corrected chi connectivity index (χ2v) is 10.00. The minimum atomic E-state index is -1.08. The molecule has 32 heavy (non-hydrogen) atoms. The standard InChI is InChI=1S/C25H32N4O3/c1-15-11-28-22-21(15)19(9-10-26-22)20-8-7-18(12-27-20)25(31)16(2)13-29(14-17(25)3)23(30)32-24(4,5)6/h7-12,16-17,31H,13-14H2,1-6H3,(H,26,28)/t16-,17+,25?. The molecule has 7 nitrogen and oxygen atoms in total. The molecular formula is C25H32N4O3. The molecule has 3 aromatic heterocycles. The number of nitrogens with one attached hydrogen (secondary N) is 1. The number of rotatable bonds is 2. The number of hydrogen-bond acceptors (Lipinski definition) is 5. The maximum atomic E-state index is 12.6. The van der Waals surface area contributed by atoms with Gasteiger partial charge in [0.15, 0.2) is 0 Å². The Morgan fingerprint density at radius 3 is 2.47 bits per heavy atom. The van der Waals surface area contributed by atoms with E-state index in [-0.39, 0.29) is 17.9 Å². The fourth-order valence-corrected chi connectivity index (χ4v) is 4.77. The zero-order chi connectivity index (χ0) is 23.3. The van der Waals surface area contributed by atoms with Gasteiger partial charge in [0.1, 0.15) is 11.2 Å². The lowest BCUT2D eigenvalue weighted by Crippen LogP contribution is -2.56. The fourth-order valence-electron chi connectivity index (χ4n) is 4.77. The second-order valence-electron chi connectivity index (χ2n) is 10.00. The molecule has 1 fully saturated rings. The highest BCUT2D eigenvalue weighted by Crippen LogP contribution is 2.42. The number of nitrogens with zero attached hydrogens (tertiary/aromatic N) is 3. The van der Waals surface area contributed by atoms with Crippen molar-refractivity contribution in [1.82, 2.24) is 19.9 Å². The Hall–Kier alpha value is -2.93. The van der Waals surface area contributed by atoms with Crippen LogP contribution in [0, 0.1) is 18.8 Å². The van der Waals surface area contributed by atoms with Crippen molar-refractivity contribution in [1.29, 1.82) is 0 Å². The van der Waals surface area contributed by atoms with Crippen molar-refractivity contribution in [3.05, 3.63) is 47.9 Å². The third kappa shape index (κ3) is 3.86. The predicted molar refractivity (Wildman–Crippen MR) is 124 cm³/mol. The number of aliphatic hydroxyl groups is 1. The third-order valence-electron chi connectivity index (χ3n) is 6.42. The van der Waals surface area contributed by atoms with Crippen LogP contribution in [-0.2, 0) is 10.3 Å². The molecule has 4 heterocycles. The fraction of sp³-hybridized carbons (Fsp3) is 0.480. The summed E-state index contributed by atoms with van der Waals surface area (Å²) in [7, 11) is 0. The molecule has 170 valence electrons. The number of H-pyrrole nitrogens is 1. The lowest BCUT2D eigenvalue weighted by molar-refractivity contribution is -0.111. The van der Waals surface area contributed by atoms with E-state index in [0.29, 0.717) is 13.1 Å². The minimum Gasteiger partial charge on any atom is -0.444 e. The summed E-state index contributed by atoms with van der Waals surface area (Å²) in [5, 5.41) is 12.8. The summed E-state index contributed by atoms with van der Waals surface area (Å²) in [6.07, 6.45) is 5.14. The molecule has 2 N–H and O–H groups in total. The number of carbonyl (C=O) groups is 1. The molecule has 0 aromatic carbocycles. The molecule has 0 spiro atoms. The summed E-state index contributed by atoms with van der Waals surface area (Å²) in [5.74, 6) is -0.350. The molecule has 3 atom stereocenters. The van der Waals surface area contributed by atoms with Crippen LogP contribution >= 0.6 is 0 Å². The van der Waals surface area contributed by atoms with Crippen molar-refractivity contribution in [3.8, 4) is 11.3 Å². The number of aromatic nitrogens is 3.